The number of nitrogens with zero attached hydrogens (tertiary/aromatic N) is 2. The minimum atomic E-state index is -0.614. The van der Waals surface area contributed by atoms with Gasteiger partial charge in [-0.2, -0.15) is 5.10 Å². The van der Waals surface area contributed by atoms with E-state index in [1.165, 1.54) is 7.11 Å². The van der Waals surface area contributed by atoms with E-state index >= 15 is 0 Å². The van der Waals surface area contributed by atoms with E-state index in [1.807, 2.05) is 35.2 Å². The zero-order valence-electron chi connectivity index (χ0n) is 17.6. The Hall–Kier alpha value is -3.32. The van der Waals surface area contributed by atoms with Crippen molar-refractivity contribution in [2.75, 3.05) is 20.2 Å². The predicted octanol–water partition coefficient (Wildman–Crippen LogP) is 4.38. The Bertz CT molecular complexity index is 1180. The molecule has 0 saturated carbocycles. The summed E-state index contributed by atoms with van der Waals surface area (Å²) in [7, 11) is 1.49. The summed E-state index contributed by atoms with van der Waals surface area (Å²) in [4.78, 5) is 27.9. The van der Waals surface area contributed by atoms with Gasteiger partial charge in [0.15, 0.2) is 11.5 Å². The second kappa shape index (κ2) is 7.98. The molecule has 8 heteroatoms. The van der Waals surface area contributed by atoms with Crippen LogP contribution >= 0.6 is 11.6 Å². The Morgan fingerprint density at radius 1 is 1.22 bits per heavy atom. The molecule has 32 heavy (non-hydrogen) atoms. The Kier molecular flexibility index (Phi) is 5.13. The maximum atomic E-state index is 13.1. The smallest absolute Gasteiger partial charge is 0.253 e. The van der Waals surface area contributed by atoms with Crippen LogP contribution in [0, 0.1) is 0 Å². The highest BCUT2D eigenvalue weighted by atomic mass is 35.5. The fourth-order valence-electron chi connectivity index (χ4n) is 4.55. The van der Waals surface area contributed by atoms with Gasteiger partial charge in [0.25, 0.3) is 5.91 Å². The first kappa shape index (κ1) is 20.6. The highest BCUT2D eigenvalue weighted by Gasteiger charge is 2.45. The summed E-state index contributed by atoms with van der Waals surface area (Å²) in [5.74, 6) is 0.771. The Morgan fingerprint density at radius 2 is 2.03 bits per heavy atom. The van der Waals surface area contributed by atoms with Crippen LogP contribution in [0.3, 0.4) is 0 Å². The largest absolute Gasteiger partial charge is 0.494 e. The van der Waals surface area contributed by atoms with Crippen LogP contribution in [0.5, 0.6) is 11.5 Å². The van der Waals surface area contributed by atoms with Gasteiger partial charge in [0.2, 0.25) is 0 Å². The molecule has 5 rings (SSSR count). The number of carbonyl (C=O) groups is 2. The van der Waals surface area contributed by atoms with Gasteiger partial charge in [-0.15, -0.1) is 0 Å². The number of carbonyl (C=O) groups excluding carboxylic acids is 2. The van der Waals surface area contributed by atoms with Crippen molar-refractivity contribution in [1.82, 2.24) is 15.1 Å². The molecule has 2 aromatic carbocycles. The Labute approximate surface area is 190 Å². The summed E-state index contributed by atoms with van der Waals surface area (Å²) in [5.41, 5.74) is 2.08. The minimum Gasteiger partial charge on any atom is -0.494 e. The zero-order valence-corrected chi connectivity index (χ0v) is 18.3. The number of hydrogen-bond acceptors (Lipinski definition) is 5. The van der Waals surface area contributed by atoms with Gasteiger partial charge in [0.1, 0.15) is 16.9 Å². The molecule has 0 radical (unpaired) electrons. The summed E-state index contributed by atoms with van der Waals surface area (Å²) in [6, 6.07) is 12.7. The van der Waals surface area contributed by atoms with E-state index < -0.39 is 5.60 Å². The number of amides is 1. The fourth-order valence-corrected chi connectivity index (χ4v) is 4.78. The van der Waals surface area contributed by atoms with Crippen molar-refractivity contribution >= 4 is 23.3 Å². The van der Waals surface area contributed by atoms with E-state index in [1.54, 1.807) is 18.3 Å². The first-order valence-electron chi connectivity index (χ1n) is 10.5. The minimum absolute atomic E-state index is 0.0341. The molecule has 164 valence electrons. The standard InChI is InChI=1S/C24H22ClN3O4/c1-31-22-17(25)5-6-20-21(22)19(29)14-24(32-20)8-11-28(12-9-24)23(30)16-4-2-3-15(13-16)18-7-10-26-27-18/h2-7,10,13H,8-9,11-12,14H2,1H3,(H,26,27). The highest BCUT2D eigenvalue weighted by molar-refractivity contribution is 6.33. The van der Waals surface area contributed by atoms with E-state index in [4.69, 9.17) is 21.1 Å². The predicted molar refractivity (Wildman–Crippen MR) is 119 cm³/mol. The molecule has 0 bridgehead atoms. The molecule has 1 amide bonds. The maximum Gasteiger partial charge on any atom is 0.253 e. The van der Waals surface area contributed by atoms with Crippen molar-refractivity contribution in [3.63, 3.8) is 0 Å². The lowest BCUT2D eigenvalue weighted by Gasteiger charge is -2.44. The molecule has 3 heterocycles. The van der Waals surface area contributed by atoms with Crippen LogP contribution < -0.4 is 9.47 Å². The third-order valence-corrected chi connectivity index (χ3v) is 6.53. The molecular formula is C24H22ClN3O4. The topological polar surface area (TPSA) is 84.5 Å². The molecule has 0 unspecified atom stereocenters. The fraction of sp³-hybridized carbons (Fsp3) is 0.292. The number of Topliss-reactive ketones (excluding diaryl/α,β-unsaturated/α-hetero) is 1. The highest BCUT2D eigenvalue weighted by Crippen LogP contribution is 2.45. The number of aromatic amines is 1. The van der Waals surface area contributed by atoms with E-state index in [2.05, 4.69) is 10.2 Å². The first-order valence-corrected chi connectivity index (χ1v) is 10.9. The number of hydrogen-bond donors (Lipinski definition) is 1. The summed E-state index contributed by atoms with van der Waals surface area (Å²) in [6.45, 7) is 1.03. The van der Waals surface area contributed by atoms with Crippen molar-refractivity contribution in [3.8, 4) is 22.8 Å². The SMILES string of the molecule is COc1c(Cl)ccc2c1C(=O)CC1(CCN(C(=O)c3cccc(-c4cc[nH]n4)c3)CC1)O2. The number of benzene rings is 2. The van der Waals surface area contributed by atoms with E-state index in [0.29, 0.717) is 53.6 Å². The van der Waals surface area contributed by atoms with Crippen molar-refractivity contribution in [2.45, 2.75) is 24.9 Å². The van der Waals surface area contributed by atoms with Gasteiger partial charge in [0.05, 0.1) is 24.2 Å². The lowest BCUT2D eigenvalue weighted by Crippen LogP contribution is -2.52. The van der Waals surface area contributed by atoms with Crippen molar-refractivity contribution < 1.29 is 19.1 Å². The molecule has 7 nitrogen and oxygen atoms in total. The number of fused-ring (bicyclic) bond motifs is 1. The second-order valence-corrected chi connectivity index (χ2v) is 8.58. The molecule has 2 aliphatic heterocycles. The van der Waals surface area contributed by atoms with Crippen molar-refractivity contribution in [2.24, 2.45) is 0 Å². The lowest BCUT2D eigenvalue weighted by atomic mass is 9.82. The quantitative estimate of drug-likeness (QED) is 0.638. The maximum absolute atomic E-state index is 13.1. The van der Waals surface area contributed by atoms with E-state index in [9.17, 15) is 9.59 Å². The number of likely N-dealkylation sites (tertiary alicyclic amines) is 1. The molecule has 0 aliphatic carbocycles. The Balaban J connectivity index is 1.32. The average Bonchev–Trinajstić information content (AvgIpc) is 3.35. The number of piperidine rings is 1. The molecular weight excluding hydrogens is 430 g/mol. The number of methoxy groups -OCH3 is 1. The van der Waals surface area contributed by atoms with Gasteiger partial charge >= 0.3 is 0 Å². The van der Waals surface area contributed by atoms with Gasteiger partial charge in [-0.25, -0.2) is 0 Å². The molecule has 2 aliphatic rings. The van der Waals surface area contributed by atoms with Crippen molar-refractivity contribution in [1.29, 1.82) is 0 Å². The summed E-state index contributed by atoms with van der Waals surface area (Å²) in [6.07, 6.45) is 3.15. The van der Waals surface area contributed by atoms with Crippen LogP contribution in [0.2, 0.25) is 5.02 Å². The van der Waals surface area contributed by atoms with Crippen LogP contribution in [0.4, 0.5) is 0 Å². The van der Waals surface area contributed by atoms with E-state index in [-0.39, 0.29) is 18.1 Å². The summed E-state index contributed by atoms with van der Waals surface area (Å²) in [5, 5.41) is 7.36. The van der Waals surface area contributed by atoms with Gasteiger partial charge in [-0.05, 0) is 30.3 Å². The monoisotopic (exact) mass is 451 g/mol. The molecule has 3 aromatic rings. The molecule has 1 spiro atoms. The number of nitrogens with one attached hydrogen (secondary N) is 1. The second-order valence-electron chi connectivity index (χ2n) is 8.17. The number of halogens is 1. The summed E-state index contributed by atoms with van der Waals surface area (Å²) >= 11 is 6.18. The molecule has 0 atom stereocenters. The van der Waals surface area contributed by atoms with Crippen LogP contribution in [0.1, 0.15) is 40.0 Å². The van der Waals surface area contributed by atoms with Gasteiger partial charge in [0, 0.05) is 43.3 Å². The van der Waals surface area contributed by atoms with Crippen LogP contribution in [-0.4, -0.2) is 52.6 Å². The van der Waals surface area contributed by atoms with Gasteiger partial charge in [-0.3, -0.25) is 14.7 Å². The molecule has 1 saturated heterocycles. The number of rotatable bonds is 3. The van der Waals surface area contributed by atoms with Crippen LogP contribution in [0.25, 0.3) is 11.3 Å². The first-order chi connectivity index (χ1) is 15.5. The average molecular weight is 452 g/mol. The molecule has 1 aromatic heterocycles. The third kappa shape index (κ3) is 3.52. The summed E-state index contributed by atoms with van der Waals surface area (Å²) < 4.78 is 11.7. The number of H-pyrrole nitrogens is 1. The molecule has 1 fully saturated rings. The normalized spacial score (nSPS) is 17.1. The number of aromatic nitrogens is 2. The Morgan fingerprint density at radius 3 is 2.75 bits per heavy atom. The van der Waals surface area contributed by atoms with E-state index in [0.717, 1.165) is 11.3 Å². The lowest BCUT2D eigenvalue weighted by molar-refractivity contribution is -0.00599. The van der Waals surface area contributed by atoms with Crippen LogP contribution in [-0.2, 0) is 0 Å². The number of ketones is 1. The van der Waals surface area contributed by atoms with Crippen LogP contribution in [0.15, 0.2) is 48.7 Å². The number of ether oxygens (including phenoxy) is 2. The third-order valence-electron chi connectivity index (χ3n) is 6.23. The van der Waals surface area contributed by atoms with Gasteiger partial charge < -0.3 is 14.4 Å². The zero-order chi connectivity index (χ0) is 22.3. The molecule has 1 N–H and O–H groups in total. The van der Waals surface area contributed by atoms with Gasteiger partial charge in [-0.1, -0.05) is 23.7 Å². The van der Waals surface area contributed by atoms with Crippen molar-refractivity contribution in [3.05, 3.63) is 64.8 Å².